The number of aromatic nitrogens is 4. The normalized spacial score (nSPS) is 22.8. The van der Waals surface area contributed by atoms with Crippen LogP contribution in [0.4, 0.5) is 5.69 Å². The number of β-amino-alcohol motifs (C(OH)–C–C–N with tert-alkyl or cyclic N) is 1. The van der Waals surface area contributed by atoms with E-state index in [1.54, 1.807) is 16.9 Å². The standard InChI is InChI=1S/C22H28N6O2/c1-16-4-8-27-19(11-23-21(27)9-16)14-25-6-2-3-17(13-25)28-22(30)10-18(12-24-28)26-7-5-20(29)15-26/h4,8-12,17,20,29H,2-3,5-7,13-15H2,1H3/t17?,20-/m0/s1. The molecule has 30 heavy (non-hydrogen) atoms. The Bertz CT molecular complexity index is 1110. The zero-order valence-electron chi connectivity index (χ0n) is 17.3. The lowest BCUT2D eigenvalue weighted by atomic mass is 10.1. The number of rotatable bonds is 4. The van der Waals surface area contributed by atoms with Crippen LogP contribution in [0.15, 0.2) is 41.6 Å². The lowest BCUT2D eigenvalue weighted by molar-refractivity contribution is 0.158. The van der Waals surface area contributed by atoms with Crippen molar-refractivity contribution in [3.05, 3.63) is 58.4 Å². The van der Waals surface area contributed by atoms with E-state index in [0.717, 1.165) is 62.5 Å². The number of fused-ring (bicyclic) bond motifs is 1. The molecule has 1 N–H and O–H groups in total. The average Bonchev–Trinajstić information content (AvgIpc) is 3.34. The van der Waals surface area contributed by atoms with E-state index in [-0.39, 0.29) is 17.7 Å². The van der Waals surface area contributed by atoms with E-state index in [2.05, 4.69) is 44.6 Å². The molecule has 8 nitrogen and oxygen atoms in total. The molecule has 1 unspecified atom stereocenters. The highest BCUT2D eigenvalue weighted by molar-refractivity contribution is 5.44. The number of likely N-dealkylation sites (tertiary alicyclic amines) is 1. The van der Waals surface area contributed by atoms with Gasteiger partial charge in [-0.1, -0.05) is 0 Å². The predicted octanol–water partition coefficient (Wildman–Crippen LogP) is 1.61. The number of piperidine rings is 1. The summed E-state index contributed by atoms with van der Waals surface area (Å²) in [5.74, 6) is 0. The van der Waals surface area contributed by atoms with Crippen molar-refractivity contribution < 1.29 is 5.11 Å². The van der Waals surface area contributed by atoms with Crippen molar-refractivity contribution in [1.82, 2.24) is 24.1 Å². The minimum atomic E-state index is -0.317. The molecule has 0 saturated carbocycles. The molecule has 0 radical (unpaired) electrons. The van der Waals surface area contributed by atoms with E-state index in [0.29, 0.717) is 6.54 Å². The molecular formula is C22H28N6O2. The molecule has 5 heterocycles. The van der Waals surface area contributed by atoms with Gasteiger partial charge in [-0.2, -0.15) is 5.10 Å². The van der Waals surface area contributed by atoms with E-state index in [9.17, 15) is 9.90 Å². The average molecular weight is 409 g/mol. The fourth-order valence-corrected chi connectivity index (χ4v) is 4.69. The van der Waals surface area contributed by atoms with E-state index in [1.807, 2.05) is 11.1 Å². The number of aliphatic hydroxyl groups excluding tert-OH is 1. The third-order valence-electron chi connectivity index (χ3n) is 6.30. The number of nitrogens with zero attached hydrogens (tertiary/aromatic N) is 6. The maximum absolute atomic E-state index is 12.8. The van der Waals surface area contributed by atoms with Crippen molar-refractivity contribution in [2.24, 2.45) is 0 Å². The third kappa shape index (κ3) is 3.73. The Hall–Kier alpha value is -2.71. The van der Waals surface area contributed by atoms with Gasteiger partial charge >= 0.3 is 0 Å². The smallest absolute Gasteiger partial charge is 0.269 e. The van der Waals surface area contributed by atoms with E-state index in [1.165, 1.54) is 5.56 Å². The van der Waals surface area contributed by atoms with Crippen LogP contribution in [0.1, 0.15) is 36.6 Å². The number of aliphatic hydroxyl groups is 1. The molecule has 0 aliphatic carbocycles. The molecule has 2 aliphatic heterocycles. The minimum absolute atomic E-state index is 0.0639. The Kier molecular flexibility index (Phi) is 5.04. The van der Waals surface area contributed by atoms with Crippen LogP contribution in [0.5, 0.6) is 0 Å². The minimum Gasteiger partial charge on any atom is -0.391 e. The van der Waals surface area contributed by atoms with E-state index in [4.69, 9.17) is 0 Å². The van der Waals surface area contributed by atoms with Gasteiger partial charge in [-0.25, -0.2) is 9.67 Å². The first-order chi connectivity index (χ1) is 14.6. The van der Waals surface area contributed by atoms with E-state index < -0.39 is 0 Å². The summed E-state index contributed by atoms with van der Waals surface area (Å²) in [5.41, 5.74) is 4.08. The van der Waals surface area contributed by atoms with Crippen molar-refractivity contribution in [2.75, 3.05) is 31.1 Å². The molecular weight excluding hydrogens is 380 g/mol. The Labute approximate surface area is 175 Å². The summed E-state index contributed by atoms with van der Waals surface area (Å²) in [5, 5.41) is 14.2. The van der Waals surface area contributed by atoms with Crippen molar-refractivity contribution in [1.29, 1.82) is 0 Å². The largest absolute Gasteiger partial charge is 0.391 e. The number of aryl methyl sites for hydroxylation is 1. The first-order valence-corrected chi connectivity index (χ1v) is 10.7. The van der Waals surface area contributed by atoms with Gasteiger partial charge in [0.15, 0.2) is 0 Å². The van der Waals surface area contributed by atoms with Crippen LogP contribution >= 0.6 is 0 Å². The number of pyridine rings is 1. The Morgan fingerprint density at radius 2 is 2.07 bits per heavy atom. The Morgan fingerprint density at radius 3 is 2.87 bits per heavy atom. The van der Waals surface area contributed by atoms with Crippen LogP contribution in [-0.2, 0) is 6.54 Å². The zero-order chi connectivity index (χ0) is 20.7. The predicted molar refractivity (Wildman–Crippen MR) is 115 cm³/mol. The third-order valence-corrected chi connectivity index (χ3v) is 6.30. The SMILES string of the molecule is Cc1ccn2c(CN3CCCC(n4ncc(N5CC[C@H](O)C5)cc4=O)C3)cnc2c1. The lowest BCUT2D eigenvalue weighted by Gasteiger charge is -2.33. The van der Waals surface area contributed by atoms with Gasteiger partial charge in [0.05, 0.1) is 35.9 Å². The molecule has 5 rings (SSSR count). The number of hydrogen-bond donors (Lipinski definition) is 1. The van der Waals surface area contributed by atoms with Crippen LogP contribution in [0, 0.1) is 6.92 Å². The monoisotopic (exact) mass is 408 g/mol. The highest BCUT2D eigenvalue weighted by Gasteiger charge is 2.25. The van der Waals surface area contributed by atoms with E-state index >= 15 is 0 Å². The molecule has 3 aromatic heterocycles. The number of imidazole rings is 1. The Balaban J connectivity index is 1.31. The van der Waals surface area contributed by atoms with Crippen molar-refractivity contribution in [3.8, 4) is 0 Å². The van der Waals surface area contributed by atoms with Crippen LogP contribution in [0.3, 0.4) is 0 Å². The maximum atomic E-state index is 12.8. The van der Waals surface area contributed by atoms with Gasteiger partial charge in [-0.05, 0) is 50.4 Å². The second-order valence-corrected chi connectivity index (χ2v) is 8.60. The molecule has 0 spiro atoms. The molecule has 3 aromatic rings. The molecule has 0 bridgehead atoms. The summed E-state index contributed by atoms with van der Waals surface area (Å²) in [6, 6.07) is 5.93. The molecule has 0 aromatic carbocycles. The molecule has 2 aliphatic rings. The molecule has 158 valence electrons. The molecule has 8 heteroatoms. The van der Waals surface area contributed by atoms with Crippen molar-refractivity contribution in [3.63, 3.8) is 0 Å². The summed E-state index contributed by atoms with van der Waals surface area (Å²) in [6.07, 6.45) is 8.21. The zero-order valence-corrected chi connectivity index (χ0v) is 17.3. The van der Waals surface area contributed by atoms with Gasteiger partial charge < -0.3 is 14.4 Å². The van der Waals surface area contributed by atoms with Gasteiger partial charge in [-0.3, -0.25) is 9.69 Å². The number of hydrogen-bond acceptors (Lipinski definition) is 6. The second-order valence-electron chi connectivity index (χ2n) is 8.60. The van der Waals surface area contributed by atoms with Gasteiger partial charge in [0.25, 0.3) is 5.56 Å². The summed E-state index contributed by atoms with van der Waals surface area (Å²) in [4.78, 5) is 21.7. The van der Waals surface area contributed by atoms with Crippen LogP contribution < -0.4 is 10.5 Å². The highest BCUT2D eigenvalue weighted by Crippen LogP contribution is 2.23. The maximum Gasteiger partial charge on any atom is 0.269 e. The van der Waals surface area contributed by atoms with Crippen LogP contribution in [0.2, 0.25) is 0 Å². The summed E-state index contributed by atoms with van der Waals surface area (Å²) in [6.45, 7) is 6.02. The topological polar surface area (TPSA) is 78.9 Å². The summed E-state index contributed by atoms with van der Waals surface area (Å²) >= 11 is 0. The quantitative estimate of drug-likeness (QED) is 0.707. The van der Waals surface area contributed by atoms with Gasteiger partial charge in [0, 0.05) is 38.4 Å². The molecule has 2 fully saturated rings. The first kappa shape index (κ1) is 19.3. The second kappa shape index (κ2) is 7.85. The molecule has 0 amide bonds. The van der Waals surface area contributed by atoms with Gasteiger partial charge in [0.1, 0.15) is 5.65 Å². The fourth-order valence-electron chi connectivity index (χ4n) is 4.69. The lowest BCUT2D eigenvalue weighted by Crippen LogP contribution is -2.40. The summed E-state index contributed by atoms with van der Waals surface area (Å²) in [7, 11) is 0. The van der Waals surface area contributed by atoms with Crippen molar-refractivity contribution in [2.45, 2.75) is 44.9 Å². The first-order valence-electron chi connectivity index (χ1n) is 10.7. The highest BCUT2D eigenvalue weighted by atomic mass is 16.3. The van der Waals surface area contributed by atoms with Crippen LogP contribution in [0.25, 0.3) is 5.65 Å². The van der Waals surface area contributed by atoms with Gasteiger partial charge in [0.2, 0.25) is 0 Å². The summed E-state index contributed by atoms with van der Waals surface area (Å²) < 4.78 is 3.78. The molecule has 2 atom stereocenters. The van der Waals surface area contributed by atoms with Crippen LogP contribution in [-0.4, -0.2) is 61.5 Å². The fraction of sp³-hybridized carbons (Fsp3) is 0.500. The van der Waals surface area contributed by atoms with Gasteiger partial charge in [-0.15, -0.1) is 0 Å². The number of anilines is 1. The van der Waals surface area contributed by atoms with Crippen molar-refractivity contribution >= 4 is 11.3 Å². The molecule has 2 saturated heterocycles. The Morgan fingerprint density at radius 1 is 1.17 bits per heavy atom.